The maximum absolute atomic E-state index is 5.42. The molecule has 0 aliphatic carbocycles. The van der Waals surface area contributed by atoms with Crippen molar-refractivity contribution in [3.63, 3.8) is 0 Å². The van der Waals surface area contributed by atoms with E-state index in [2.05, 4.69) is 10.2 Å². The van der Waals surface area contributed by atoms with Gasteiger partial charge in [-0.1, -0.05) is 11.8 Å². The van der Waals surface area contributed by atoms with Crippen LogP contribution in [0.2, 0.25) is 0 Å². The Hall–Kier alpha value is -2.41. The van der Waals surface area contributed by atoms with E-state index >= 15 is 0 Å². The van der Waals surface area contributed by atoms with E-state index in [1.807, 2.05) is 42.8 Å². The summed E-state index contributed by atoms with van der Waals surface area (Å²) in [6, 6.07) is 7.67. The molecule has 0 aliphatic heterocycles. The van der Waals surface area contributed by atoms with E-state index < -0.39 is 0 Å². The normalized spacial score (nSPS) is 10.8. The number of methoxy groups -OCH3 is 2. The second-order valence-corrected chi connectivity index (χ2v) is 6.16. The van der Waals surface area contributed by atoms with E-state index in [9.17, 15) is 0 Å². The molecule has 3 rings (SSSR count). The Balaban J connectivity index is 1.81. The first-order chi connectivity index (χ1) is 11.6. The van der Waals surface area contributed by atoms with Gasteiger partial charge in [-0.3, -0.25) is 0 Å². The molecule has 0 aliphatic rings. The molecule has 126 valence electrons. The lowest BCUT2D eigenvalue weighted by Crippen LogP contribution is -1.96. The largest absolute Gasteiger partial charge is 0.497 e. The van der Waals surface area contributed by atoms with Crippen molar-refractivity contribution < 1.29 is 13.9 Å². The third-order valence-corrected chi connectivity index (χ3v) is 4.85. The first-order valence-corrected chi connectivity index (χ1v) is 8.40. The van der Waals surface area contributed by atoms with Gasteiger partial charge in [0.15, 0.2) is 11.0 Å². The van der Waals surface area contributed by atoms with Crippen LogP contribution in [0.4, 0.5) is 0 Å². The third kappa shape index (κ3) is 3.12. The van der Waals surface area contributed by atoms with Crippen molar-refractivity contribution in [1.82, 2.24) is 14.8 Å². The van der Waals surface area contributed by atoms with Gasteiger partial charge < -0.3 is 18.5 Å². The van der Waals surface area contributed by atoms with Gasteiger partial charge in [0.2, 0.25) is 0 Å². The van der Waals surface area contributed by atoms with Gasteiger partial charge in [-0.05, 0) is 31.2 Å². The lowest BCUT2D eigenvalue weighted by Gasteiger charge is -2.10. The molecule has 7 heteroatoms. The molecule has 0 radical (unpaired) electrons. The molecule has 2 aromatic heterocycles. The zero-order valence-corrected chi connectivity index (χ0v) is 14.9. The highest BCUT2D eigenvalue weighted by atomic mass is 32.2. The van der Waals surface area contributed by atoms with Crippen LogP contribution >= 0.6 is 11.8 Å². The zero-order chi connectivity index (χ0) is 17.1. The number of nitrogens with zero attached hydrogens (tertiary/aromatic N) is 3. The van der Waals surface area contributed by atoms with Crippen LogP contribution < -0.4 is 9.47 Å². The van der Waals surface area contributed by atoms with Crippen LogP contribution in [0.25, 0.3) is 11.4 Å². The Kier molecular flexibility index (Phi) is 4.80. The Bertz CT molecular complexity index is 841. The maximum Gasteiger partial charge on any atom is 0.191 e. The van der Waals surface area contributed by atoms with Crippen LogP contribution in [0.3, 0.4) is 0 Å². The first-order valence-electron chi connectivity index (χ1n) is 7.41. The van der Waals surface area contributed by atoms with Gasteiger partial charge in [0.05, 0.1) is 26.0 Å². The van der Waals surface area contributed by atoms with Crippen molar-refractivity contribution in [2.45, 2.75) is 17.8 Å². The van der Waals surface area contributed by atoms with E-state index in [4.69, 9.17) is 13.9 Å². The predicted octanol–water partition coefficient (Wildman–Crippen LogP) is 3.69. The van der Waals surface area contributed by atoms with Gasteiger partial charge in [0.1, 0.15) is 17.3 Å². The molecule has 0 atom stereocenters. The summed E-state index contributed by atoms with van der Waals surface area (Å²) in [5.41, 5.74) is 2.00. The minimum absolute atomic E-state index is 0.705. The SMILES string of the molecule is COc1ccc(OC)c(CSc2nnc(-c3ccoc3C)n2C)c1. The molecule has 3 aromatic rings. The second kappa shape index (κ2) is 7.00. The van der Waals surface area contributed by atoms with Crippen molar-refractivity contribution >= 4 is 11.8 Å². The zero-order valence-electron chi connectivity index (χ0n) is 14.1. The smallest absolute Gasteiger partial charge is 0.191 e. The molecular weight excluding hydrogens is 326 g/mol. The summed E-state index contributed by atoms with van der Waals surface area (Å²) < 4.78 is 18.0. The fourth-order valence-electron chi connectivity index (χ4n) is 2.43. The van der Waals surface area contributed by atoms with E-state index in [-0.39, 0.29) is 0 Å². The molecule has 6 nitrogen and oxygen atoms in total. The van der Waals surface area contributed by atoms with Crippen LogP contribution in [-0.4, -0.2) is 29.0 Å². The fraction of sp³-hybridized carbons (Fsp3) is 0.294. The lowest BCUT2D eigenvalue weighted by molar-refractivity contribution is 0.400. The Labute approximate surface area is 144 Å². The van der Waals surface area contributed by atoms with Gasteiger partial charge in [-0.15, -0.1) is 10.2 Å². The van der Waals surface area contributed by atoms with E-state index in [1.165, 1.54) is 0 Å². The number of benzene rings is 1. The summed E-state index contributed by atoms with van der Waals surface area (Å²) in [4.78, 5) is 0. The molecule has 2 heterocycles. The number of thioether (sulfide) groups is 1. The fourth-order valence-corrected chi connectivity index (χ4v) is 3.32. The number of rotatable bonds is 6. The number of hydrogen-bond donors (Lipinski definition) is 0. The minimum Gasteiger partial charge on any atom is -0.497 e. The van der Waals surface area contributed by atoms with Gasteiger partial charge in [0, 0.05) is 18.4 Å². The van der Waals surface area contributed by atoms with Crippen LogP contribution in [0, 0.1) is 6.92 Å². The molecule has 1 aromatic carbocycles. The average Bonchev–Trinajstić information content (AvgIpc) is 3.18. The molecule has 0 unspecified atom stereocenters. The van der Waals surface area contributed by atoms with E-state index in [0.717, 1.165) is 39.4 Å². The van der Waals surface area contributed by atoms with Crippen molar-refractivity contribution in [3.8, 4) is 22.9 Å². The van der Waals surface area contributed by atoms with Crippen molar-refractivity contribution in [1.29, 1.82) is 0 Å². The Morgan fingerprint density at radius 2 is 2.00 bits per heavy atom. The van der Waals surface area contributed by atoms with Gasteiger partial charge >= 0.3 is 0 Å². The molecule has 24 heavy (non-hydrogen) atoms. The summed E-state index contributed by atoms with van der Waals surface area (Å²) in [5, 5.41) is 9.40. The number of ether oxygens (including phenoxy) is 2. The molecular formula is C17H19N3O3S. The highest BCUT2D eigenvalue weighted by Gasteiger charge is 2.15. The molecule has 0 bridgehead atoms. The minimum atomic E-state index is 0.705. The molecule has 0 N–H and O–H groups in total. The molecule has 0 saturated heterocycles. The van der Waals surface area contributed by atoms with Gasteiger partial charge in [-0.2, -0.15) is 0 Å². The predicted molar refractivity (Wildman–Crippen MR) is 92.5 cm³/mol. The van der Waals surface area contributed by atoms with E-state index in [1.54, 1.807) is 32.2 Å². The molecule has 0 amide bonds. The van der Waals surface area contributed by atoms with Gasteiger partial charge in [0.25, 0.3) is 0 Å². The Morgan fingerprint density at radius 3 is 2.67 bits per heavy atom. The number of aryl methyl sites for hydroxylation is 1. The van der Waals surface area contributed by atoms with E-state index in [0.29, 0.717) is 5.75 Å². The number of hydrogen-bond acceptors (Lipinski definition) is 6. The highest BCUT2D eigenvalue weighted by Crippen LogP contribution is 2.31. The Morgan fingerprint density at radius 1 is 1.17 bits per heavy atom. The third-order valence-electron chi connectivity index (χ3n) is 3.78. The molecule has 0 spiro atoms. The quantitative estimate of drug-likeness (QED) is 0.635. The van der Waals surface area contributed by atoms with Crippen molar-refractivity contribution in [2.75, 3.05) is 14.2 Å². The molecule has 0 fully saturated rings. The summed E-state index contributed by atoms with van der Waals surface area (Å²) in [6.07, 6.45) is 1.66. The van der Waals surface area contributed by atoms with Crippen molar-refractivity contribution in [2.24, 2.45) is 7.05 Å². The van der Waals surface area contributed by atoms with Gasteiger partial charge in [-0.25, -0.2) is 0 Å². The second-order valence-electron chi connectivity index (χ2n) is 5.22. The summed E-state index contributed by atoms with van der Waals surface area (Å²) in [7, 11) is 5.27. The monoisotopic (exact) mass is 345 g/mol. The lowest BCUT2D eigenvalue weighted by atomic mass is 10.2. The van der Waals surface area contributed by atoms with Crippen molar-refractivity contribution in [3.05, 3.63) is 41.9 Å². The van der Waals surface area contributed by atoms with Crippen LogP contribution in [-0.2, 0) is 12.8 Å². The first kappa shape index (κ1) is 16.4. The summed E-state index contributed by atoms with van der Waals surface area (Å²) in [6.45, 7) is 1.91. The van der Waals surface area contributed by atoms with Crippen LogP contribution in [0.1, 0.15) is 11.3 Å². The number of furan rings is 1. The molecule has 0 saturated carbocycles. The van der Waals surface area contributed by atoms with Crippen LogP contribution in [0.5, 0.6) is 11.5 Å². The standard InChI is InChI=1S/C17H19N3O3S/c1-11-14(7-8-23-11)16-18-19-17(20(16)2)24-10-12-9-13(21-3)5-6-15(12)22-4/h5-9H,10H2,1-4H3. The van der Waals surface area contributed by atoms with Crippen LogP contribution in [0.15, 0.2) is 40.1 Å². The average molecular weight is 345 g/mol. The maximum atomic E-state index is 5.42. The topological polar surface area (TPSA) is 62.3 Å². The number of aromatic nitrogens is 3. The highest BCUT2D eigenvalue weighted by molar-refractivity contribution is 7.98. The summed E-state index contributed by atoms with van der Waals surface area (Å²) in [5.74, 6) is 3.96. The summed E-state index contributed by atoms with van der Waals surface area (Å²) >= 11 is 1.60.